The van der Waals surface area contributed by atoms with Gasteiger partial charge in [0.2, 0.25) is 0 Å². The van der Waals surface area contributed by atoms with Crippen molar-refractivity contribution in [3.8, 4) is 0 Å². The number of rotatable bonds is 2. The SMILES string of the molecule is CC(=O)O[C@@H]1C=CCC[C@H]1C(C)C. The third kappa shape index (κ3) is 2.87. The summed E-state index contributed by atoms with van der Waals surface area (Å²) in [4.78, 5) is 10.8. The number of allylic oxidation sites excluding steroid dienone is 1. The van der Waals surface area contributed by atoms with Crippen LogP contribution in [0.5, 0.6) is 0 Å². The van der Waals surface area contributed by atoms with E-state index in [4.69, 9.17) is 4.74 Å². The van der Waals surface area contributed by atoms with Crippen LogP contribution in [-0.2, 0) is 9.53 Å². The molecule has 0 amide bonds. The standard InChI is InChI=1S/C11H18O2/c1-8(2)10-6-4-5-7-11(10)13-9(3)12/h5,7-8,10-11H,4,6H2,1-3H3/t10-,11+/m0/s1. The molecule has 0 aliphatic heterocycles. The van der Waals surface area contributed by atoms with Gasteiger partial charge in [-0.1, -0.05) is 19.9 Å². The van der Waals surface area contributed by atoms with Crippen molar-refractivity contribution in [2.75, 3.05) is 0 Å². The number of carbonyl (C=O) groups excluding carboxylic acids is 1. The highest BCUT2D eigenvalue weighted by Crippen LogP contribution is 2.28. The summed E-state index contributed by atoms with van der Waals surface area (Å²) < 4.78 is 5.24. The van der Waals surface area contributed by atoms with E-state index in [1.54, 1.807) is 0 Å². The van der Waals surface area contributed by atoms with Gasteiger partial charge in [0.25, 0.3) is 0 Å². The largest absolute Gasteiger partial charge is 0.458 e. The summed E-state index contributed by atoms with van der Waals surface area (Å²) in [6, 6.07) is 0. The van der Waals surface area contributed by atoms with Gasteiger partial charge in [-0.3, -0.25) is 4.79 Å². The minimum Gasteiger partial charge on any atom is -0.458 e. The maximum Gasteiger partial charge on any atom is 0.303 e. The first-order valence-corrected chi connectivity index (χ1v) is 4.95. The van der Waals surface area contributed by atoms with Gasteiger partial charge < -0.3 is 4.74 Å². The van der Waals surface area contributed by atoms with E-state index in [-0.39, 0.29) is 12.1 Å². The molecule has 0 fully saturated rings. The van der Waals surface area contributed by atoms with E-state index in [1.807, 2.05) is 6.08 Å². The predicted octanol–water partition coefficient (Wildman–Crippen LogP) is 2.54. The van der Waals surface area contributed by atoms with Crippen molar-refractivity contribution < 1.29 is 9.53 Å². The minimum absolute atomic E-state index is 0.00579. The van der Waals surface area contributed by atoms with Crippen LogP contribution < -0.4 is 0 Å². The molecule has 2 heteroatoms. The molecule has 1 aliphatic carbocycles. The van der Waals surface area contributed by atoms with Gasteiger partial charge in [-0.05, 0) is 24.8 Å². The van der Waals surface area contributed by atoms with E-state index >= 15 is 0 Å². The Hall–Kier alpha value is -0.790. The van der Waals surface area contributed by atoms with Crippen molar-refractivity contribution >= 4 is 5.97 Å². The third-order valence-electron chi connectivity index (χ3n) is 2.57. The van der Waals surface area contributed by atoms with Crippen LogP contribution in [0.3, 0.4) is 0 Å². The average molecular weight is 182 g/mol. The van der Waals surface area contributed by atoms with Gasteiger partial charge in [-0.25, -0.2) is 0 Å². The molecule has 1 aliphatic rings. The Morgan fingerprint density at radius 2 is 2.23 bits per heavy atom. The average Bonchev–Trinajstić information content (AvgIpc) is 2.03. The highest BCUT2D eigenvalue weighted by molar-refractivity contribution is 5.66. The van der Waals surface area contributed by atoms with Crippen LogP contribution in [0.1, 0.15) is 33.6 Å². The van der Waals surface area contributed by atoms with E-state index in [0.29, 0.717) is 11.8 Å². The Balaban J connectivity index is 2.60. The first-order valence-electron chi connectivity index (χ1n) is 4.95. The zero-order valence-electron chi connectivity index (χ0n) is 8.62. The molecule has 0 spiro atoms. The van der Waals surface area contributed by atoms with Crippen molar-refractivity contribution in [3.63, 3.8) is 0 Å². The Labute approximate surface area is 80.0 Å². The summed E-state index contributed by atoms with van der Waals surface area (Å²) in [7, 11) is 0. The fourth-order valence-corrected chi connectivity index (χ4v) is 1.86. The van der Waals surface area contributed by atoms with Gasteiger partial charge in [0.15, 0.2) is 0 Å². The zero-order valence-corrected chi connectivity index (χ0v) is 8.62. The maximum atomic E-state index is 10.8. The first-order chi connectivity index (χ1) is 6.11. The number of hydrogen-bond acceptors (Lipinski definition) is 2. The number of carbonyl (C=O) groups is 1. The third-order valence-corrected chi connectivity index (χ3v) is 2.57. The Morgan fingerprint density at radius 1 is 1.54 bits per heavy atom. The fraction of sp³-hybridized carbons (Fsp3) is 0.727. The second kappa shape index (κ2) is 4.45. The summed E-state index contributed by atoms with van der Waals surface area (Å²) in [6.45, 7) is 5.83. The minimum atomic E-state index is -0.179. The van der Waals surface area contributed by atoms with Gasteiger partial charge in [-0.15, -0.1) is 0 Å². The van der Waals surface area contributed by atoms with Gasteiger partial charge >= 0.3 is 5.97 Å². The van der Waals surface area contributed by atoms with Crippen LogP contribution >= 0.6 is 0 Å². The molecule has 1 rings (SSSR count). The van der Waals surface area contributed by atoms with E-state index in [0.717, 1.165) is 12.8 Å². The topological polar surface area (TPSA) is 26.3 Å². The van der Waals surface area contributed by atoms with Crippen molar-refractivity contribution in [1.29, 1.82) is 0 Å². The normalized spacial score (nSPS) is 27.7. The van der Waals surface area contributed by atoms with E-state index < -0.39 is 0 Å². The van der Waals surface area contributed by atoms with E-state index in [1.165, 1.54) is 6.92 Å². The fourth-order valence-electron chi connectivity index (χ4n) is 1.86. The van der Waals surface area contributed by atoms with Gasteiger partial charge in [0.05, 0.1) is 0 Å². The van der Waals surface area contributed by atoms with Crippen LogP contribution in [-0.4, -0.2) is 12.1 Å². The van der Waals surface area contributed by atoms with Crippen molar-refractivity contribution in [2.24, 2.45) is 11.8 Å². The second-order valence-corrected chi connectivity index (χ2v) is 3.99. The summed E-state index contributed by atoms with van der Waals surface area (Å²) in [6.07, 6.45) is 6.38. The molecule has 0 N–H and O–H groups in total. The molecule has 0 bridgehead atoms. The van der Waals surface area contributed by atoms with Crippen LogP contribution in [0.15, 0.2) is 12.2 Å². The molecule has 0 aromatic carbocycles. The Bertz CT molecular complexity index is 206. The van der Waals surface area contributed by atoms with E-state index in [2.05, 4.69) is 19.9 Å². The van der Waals surface area contributed by atoms with Gasteiger partial charge in [0, 0.05) is 12.8 Å². The maximum absolute atomic E-state index is 10.8. The lowest BCUT2D eigenvalue weighted by Gasteiger charge is -2.29. The van der Waals surface area contributed by atoms with Crippen molar-refractivity contribution in [2.45, 2.75) is 39.7 Å². The molecular weight excluding hydrogens is 164 g/mol. The lowest BCUT2D eigenvalue weighted by Crippen LogP contribution is -2.29. The molecule has 0 aromatic heterocycles. The molecule has 0 unspecified atom stereocenters. The summed E-state index contributed by atoms with van der Waals surface area (Å²) in [5.74, 6) is 0.894. The number of hydrogen-bond donors (Lipinski definition) is 0. The quantitative estimate of drug-likeness (QED) is 0.484. The molecular formula is C11H18O2. The highest BCUT2D eigenvalue weighted by Gasteiger charge is 2.26. The second-order valence-electron chi connectivity index (χ2n) is 3.99. The molecule has 0 saturated heterocycles. The Kier molecular flexibility index (Phi) is 3.52. The first kappa shape index (κ1) is 10.3. The van der Waals surface area contributed by atoms with Crippen molar-refractivity contribution in [1.82, 2.24) is 0 Å². The summed E-state index contributed by atoms with van der Waals surface area (Å²) >= 11 is 0. The summed E-state index contributed by atoms with van der Waals surface area (Å²) in [5, 5.41) is 0. The molecule has 2 atom stereocenters. The van der Waals surface area contributed by atoms with Gasteiger partial charge in [-0.2, -0.15) is 0 Å². The summed E-state index contributed by atoms with van der Waals surface area (Å²) in [5.41, 5.74) is 0. The Morgan fingerprint density at radius 3 is 2.77 bits per heavy atom. The highest BCUT2D eigenvalue weighted by atomic mass is 16.5. The lowest BCUT2D eigenvalue weighted by molar-refractivity contribution is -0.147. The van der Waals surface area contributed by atoms with Crippen LogP contribution in [0, 0.1) is 11.8 Å². The van der Waals surface area contributed by atoms with E-state index in [9.17, 15) is 4.79 Å². The zero-order chi connectivity index (χ0) is 9.84. The molecule has 0 saturated carbocycles. The predicted molar refractivity (Wildman–Crippen MR) is 52.3 cm³/mol. The number of ether oxygens (including phenoxy) is 1. The molecule has 13 heavy (non-hydrogen) atoms. The smallest absolute Gasteiger partial charge is 0.303 e. The molecule has 2 nitrogen and oxygen atoms in total. The van der Waals surface area contributed by atoms with Crippen molar-refractivity contribution in [3.05, 3.63) is 12.2 Å². The molecule has 0 radical (unpaired) electrons. The van der Waals surface area contributed by atoms with Gasteiger partial charge in [0.1, 0.15) is 6.10 Å². The lowest BCUT2D eigenvalue weighted by atomic mass is 9.83. The monoisotopic (exact) mass is 182 g/mol. The van der Waals surface area contributed by atoms with Crippen LogP contribution in [0.25, 0.3) is 0 Å². The molecule has 74 valence electrons. The van der Waals surface area contributed by atoms with Crippen LogP contribution in [0.2, 0.25) is 0 Å². The molecule has 0 heterocycles. The number of esters is 1. The van der Waals surface area contributed by atoms with Crippen LogP contribution in [0.4, 0.5) is 0 Å². The molecule has 0 aromatic rings.